The molecular weight excluding hydrogens is 362 g/mol. The highest BCUT2D eigenvalue weighted by Gasteiger charge is 2.21. The molecule has 1 aromatic heterocycles. The Morgan fingerprint density at radius 1 is 1.18 bits per heavy atom. The van der Waals surface area contributed by atoms with Crippen molar-refractivity contribution >= 4 is 28.5 Å². The maximum absolute atomic E-state index is 12.7. The van der Waals surface area contributed by atoms with Gasteiger partial charge in [-0.05, 0) is 19.9 Å². The van der Waals surface area contributed by atoms with Crippen molar-refractivity contribution in [1.29, 1.82) is 0 Å². The number of aromatic nitrogens is 2. The van der Waals surface area contributed by atoms with E-state index in [4.69, 9.17) is 4.74 Å². The minimum Gasteiger partial charge on any atom is -0.450 e. The van der Waals surface area contributed by atoms with Crippen molar-refractivity contribution in [3.63, 3.8) is 0 Å². The van der Waals surface area contributed by atoms with Crippen molar-refractivity contribution in [2.75, 3.05) is 19.7 Å². The number of aryl methyl sites for hydroxylation is 1. The van der Waals surface area contributed by atoms with E-state index in [0.717, 1.165) is 5.71 Å². The summed E-state index contributed by atoms with van der Waals surface area (Å²) in [5.74, 6) is -0.473. The van der Waals surface area contributed by atoms with Crippen LogP contribution >= 0.6 is 0 Å². The van der Waals surface area contributed by atoms with Gasteiger partial charge in [-0.3, -0.25) is 9.59 Å². The summed E-state index contributed by atoms with van der Waals surface area (Å²) in [6, 6.07) is 6.89. The molecule has 9 nitrogen and oxygen atoms in total. The molecule has 0 atom stereocenters. The first-order chi connectivity index (χ1) is 13.5. The molecular formula is C19H23N5O4. The monoisotopic (exact) mass is 385 g/mol. The summed E-state index contributed by atoms with van der Waals surface area (Å²) in [4.78, 5) is 38.4. The van der Waals surface area contributed by atoms with Gasteiger partial charge >= 0.3 is 6.09 Å². The van der Waals surface area contributed by atoms with Crippen LogP contribution in [-0.2, 0) is 11.3 Å². The molecule has 1 fully saturated rings. The number of carbonyl (C=O) groups is 2. The molecule has 2 heterocycles. The van der Waals surface area contributed by atoms with Crippen molar-refractivity contribution in [3.05, 3.63) is 40.3 Å². The van der Waals surface area contributed by atoms with Crippen molar-refractivity contribution < 1.29 is 14.3 Å². The molecule has 28 heavy (non-hydrogen) atoms. The molecule has 1 aliphatic rings. The van der Waals surface area contributed by atoms with E-state index in [9.17, 15) is 14.4 Å². The van der Waals surface area contributed by atoms with Crippen LogP contribution in [0.15, 0.2) is 34.2 Å². The minimum atomic E-state index is -0.473. The molecule has 1 aromatic carbocycles. The fourth-order valence-electron chi connectivity index (χ4n) is 3.07. The highest BCUT2D eigenvalue weighted by Crippen LogP contribution is 2.14. The number of nitrogens with zero attached hydrogens (tertiary/aromatic N) is 4. The third-order valence-electron chi connectivity index (χ3n) is 4.56. The lowest BCUT2D eigenvalue weighted by molar-refractivity contribution is 0.0946. The Balaban J connectivity index is 1.74. The Bertz CT molecular complexity index is 972. The maximum atomic E-state index is 12.7. The van der Waals surface area contributed by atoms with E-state index in [0.29, 0.717) is 49.9 Å². The van der Waals surface area contributed by atoms with Gasteiger partial charge in [-0.2, -0.15) is 10.2 Å². The highest BCUT2D eigenvalue weighted by molar-refractivity contribution is 6.05. The summed E-state index contributed by atoms with van der Waals surface area (Å²) in [7, 11) is 0. The molecule has 2 aromatic rings. The first-order valence-electron chi connectivity index (χ1n) is 9.32. The Morgan fingerprint density at radius 3 is 2.50 bits per heavy atom. The predicted octanol–water partition coefficient (Wildman–Crippen LogP) is 1.75. The van der Waals surface area contributed by atoms with Gasteiger partial charge in [0, 0.05) is 43.6 Å². The number of hydrogen-bond donors (Lipinski definition) is 1. The zero-order chi connectivity index (χ0) is 20.1. The second-order valence-corrected chi connectivity index (χ2v) is 6.32. The number of amides is 2. The van der Waals surface area contributed by atoms with Gasteiger partial charge in [0.25, 0.3) is 11.5 Å². The van der Waals surface area contributed by atoms with Crippen LogP contribution in [0, 0.1) is 0 Å². The van der Waals surface area contributed by atoms with Crippen LogP contribution in [0.25, 0.3) is 10.8 Å². The van der Waals surface area contributed by atoms with Crippen LogP contribution in [-0.4, -0.2) is 52.1 Å². The normalized spacial score (nSPS) is 14.1. The van der Waals surface area contributed by atoms with Crippen LogP contribution < -0.4 is 11.0 Å². The van der Waals surface area contributed by atoms with Crippen LogP contribution in [0.2, 0.25) is 0 Å². The lowest BCUT2D eigenvalue weighted by Gasteiger charge is -2.26. The minimum absolute atomic E-state index is 0.158. The third-order valence-corrected chi connectivity index (χ3v) is 4.56. The molecule has 0 saturated carbocycles. The Morgan fingerprint density at radius 2 is 1.86 bits per heavy atom. The van der Waals surface area contributed by atoms with Crippen LogP contribution in [0.1, 0.15) is 37.2 Å². The zero-order valence-electron chi connectivity index (χ0n) is 16.0. The second kappa shape index (κ2) is 8.64. The van der Waals surface area contributed by atoms with E-state index in [1.54, 1.807) is 43.0 Å². The van der Waals surface area contributed by atoms with Crippen LogP contribution in [0.4, 0.5) is 4.79 Å². The molecule has 0 spiro atoms. The largest absolute Gasteiger partial charge is 0.450 e. The van der Waals surface area contributed by atoms with Gasteiger partial charge in [0.05, 0.1) is 12.0 Å². The highest BCUT2D eigenvalue weighted by atomic mass is 16.6. The summed E-state index contributed by atoms with van der Waals surface area (Å²) in [5.41, 5.74) is 3.26. The van der Waals surface area contributed by atoms with Gasteiger partial charge < -0.3 is 9.64 Å². The van der Waals surface area contributed by atoms with Gasteiger partial charge in [0.2, 0.25) is 0 Å². The third kappa shape index (κ3) is 4.03. The summed E-state index contributed by atoms with van der Waals surface area (Å²) in [6.45, 7) is 5.26. The van der Waals surface area contributed by atoms with Gasteiger partial charge in [-0.1, -0.05) is 18.2 Å². The number of carbonyl (C=O) groups excluding carboxylic acids is 2. The molecule has 148 valence electrons. The number of ether oxygens (including phenoxy) is 1. The van der Waals surface area contributed by atoms with E-state index in [1.165, 1.54) is 4.68 Å². The Labute approximate surface area is 162 Å². The molecule has 1 N–H and O–H groups in total. The maximum Gasteiger partial charge on any atom is 0.409 e. The van der Waals surface area contributed by atoms with E-state index in [2.05, 4.69) is 15.6 Å². The number of piperidine rings is 1. The SMILES string of the molecule is CCOC(=O)N1CCC(=NNC(=O)c2nn(CC)c(=O)c3ccccc23)CC1. The molecule has 0 aliphatic carbocycles. The van der Waals surface area contributed by atoms with E-state index < -0.39 is 5.91 Å². The van der Waals surface area contributed by atoms with E-state index >= 15 is 0 Å². The fraction of sp³-hybridized carbons (Fsp3) is 0.421. The molecule has 3 rings (SSSR count). The first kappa shape index (κ1) is 19.5. The molecule has 1 aliphatic heterocycles. The molecule has 9 heteroatoms. The summed E-state index contributed by atoms with van der Waals surface area (Å²) in [6.07, 6.45) is 0.784. The Hall–Kier alpha value is -3.23. The summed E-state index contributed by atoms with van der Waals surface area (Å²) >= 11 is 0. The number of rotatable bonds is 4. The lowest BCUT2D eigenvalue weighted by Crippen LogP contribution is -2.39. The number of benzene rings is 1. The fourth-order valence-corrected chi connectivity index (χ4v) is 3.07. The number of hydrazone groups is 1. The Kier molecular flexibility index (Phi) is 6.03. The van der Waals surface area contributed by atoms with Crippen molar-refractivity contribution in [3.8, 4) is 0 Å². The summed E-state index contributed by atoms with van der Waals surface area (Å²) in [5, 5.41) is 9.32. The average molecular weight is 385 g/mol. The van der Waals surface area contributed by atoms with E-state index in [1.807, 2.05) is 0 Å². The second-order valence-electron chi connectivity index (χ2n) is 6.32. The van der Waals surface area contributed by atoms with Crippen LogP contribution in [0.3, 0.4) is 0 Å². The van der Waals surface area contributed by atoms with E-state index in [-0.39, 0.29) is 17.3 Å². The lowest BCUT2D eigenvalue weighted by atomic mass is 10.1. The van der Waals surface area contributed by atoms with Gasteiger partial charge in [0.15, 0.2) is 5.69 Å². The van der Waals surface area contributed by atoms with Crippen molar-refractivity contribution in [1.82, 2.24) is 20.1 Å². The molecule has 0 radical (unpaired) electrons. The molecule has 2 amide bonds. The summed E-state index contributed by atoms with van der Waals surface area (Å²) < 4.78 is 6.25. The van der Waals surface area contributed by atoms with Gasteiger partial charge in [-0.15, -0.1) is 0 Å². The predicted molar refractivity (Wildman–Crippen MR) is 104 cm³/mol. The zero-order valence-corrected chi connectivity index (χ0v) is 16.0. The van der Waals surface area contributed by atoms with Crippen LogP contribution in [0.5, 0.6) is 0 Å². The average Bonchev–Trinajstić information content (AvgIpc) is 2.73. The molecule has 1 saturated heterocycles. The van der Waals surface area contributed by atoms with Crippen molar-refractivity contribution in [2.24, 2.45) is 5.10 Å². The van der Waals surface area contributed by atoms with Gasteiger partial charge in [0.1, 0.15) is 0 Å². The molecule has 0 unspecified atom stereocenters. The number of fused-ring (bicyclic) bond motifs is 1. The standard InChI is InChI=1S/C19H23N5O4/c1-3-24-18(26)15-8-6-5-7-14(15)16(22-24)17(25)21-20-13-9-11-23(12-10-13)19(27)28-4-2/h5-8H,3-4,9-12H2,1-2H3,(H,21,25). The number of likely N-dealkylation sites (tertiary alicyclic amines) is 1. The smallest absolute Gasteiger partial charge is 0.409 e. The van der Waals surface area contributed by atoms with Gasteiger partial charge in [-0.25, -0.2) is 14.9 Å². The number of hydrogen-bond acceptors (Lipinski definition) is 6. The topological polar surface area (TPSA) is 106 Å². The first-order valence-corrected chi connectivity index (χ1v) is 9.32. The number of nitrogens with one attached hydrogen (secondary N) is 1. The molecule has 0 bridgehead atoms. The quantitative estimate of drug-likeness (QED) is 0.807. The van der Waals surface area contributed by atoms with Crippen molar-refractivity contribution in [2.45, 2.75) is 33.2 Å².